The monoisotopic (exact) mass is 392 g/mol. The summed E-state index contributed by atoms with van der Waals surface area (Å²) in [7, 11) is 1.60. The van der Waals surface area contributed by atoms with Crippen molar-refractivity contribution in [3.63, 3.8) is 0 Å². The average Bonchev–Trinajstić information content (AvgIpc) is 2.65. The smallest absolute Gasteiger partial charge is 0.445 e. The molecule has 0 aromatic rings. The van der Waals surface area contributed by atoms with Crippen molar-refractivity contribution < 1.29 is 28.6 Å². The molecule has 0 N–H and O–H groups in total. The summed E-state index contributed by atoms with van der Waals surface area (Å²) >= 11 is 0. The second-order valence-corrected chi connectivity index (χ2v) is 8.32. The minimum absolute atomic E-state index is 0.0383. The highest BCUT2D eigenvalue weighted by atomic mass is 16.7. The van der Waals surface area contributed by atoms with E-state index in [2.05, 4.69) is 18.6 Å². The minimum Gasteiger partial charge on any atom is -0.457 e. The van der Waals surface area contributed by atoms with Crippen molar-refractivity contribution in [1.82, 2.24) is 0 Å². The fraction of sp³-hybridized carbons (Fsp3) is 0.762. The molecule has 0 aromatic heterocycles. The van der Waals surface area contributed by atoms with Gasteiger partial charge in [-0.2, -0.15) is 4.79 Å². The molecule has 156 valence electrons. The van der Waals surface area contributed by atoms with Gasteiger partial charge in [0.1, 0.15) is 6.79 Å². The van der Waals surface area contributed by atoms with Crippen LogP contribution in [0, 0.1) is 23.2 Å². The number of fused-ring (bicyclic) bond motifs is 1. The second-order valence-electron chi connectivity index (χ2n) is 8.32. The molecule has 0 amide bonds. The van der Waals surface area contributed by atoms with Gasteiger partial charge in [0.2, 0.25) is 0 Å². The topological polar surface area (TPSA) is 98.2 Å². The Hall–Kier alpha value is -1.82. The summed E-state index contributed by atoms with van der Waals surface area (Å²) in [5.41, 5.74) is 8.67. The highest BCUT2D eigenvalue weighted by Gasteiger charge is 2.47. The van der Waals surface area contributed by atoms with E-state index in [1.165, 1.54) is 18.9 Å². The van der Waals surface area contributed by atoms with Gasteiger partial charge in [-0.15, -0.1) is 0 Å². The summed E-state index contributed by atoms with van der Waals surface area (Å²) in [6.45, 7) is 6.59. The molecule has 2 rings (SSSR count). The molecular formula is C21H32N2O5. The first kappa shape index (κ1) is 22.5. The zero-order chi connectivity index (χ0) is 20.7. The lowest BCUT2D eigenvalue weighted by Gasteiger charge is -2.51. The summed E-state index contributed by atoms with van der Waals surface area (Å²) in [4.78, 5) is 26.8. The SMILES string of the molecule is CCOC(=O)C(=[N+]=[N-])C(=O)/C=C\[C@H]1CCC2C(CCCC2(C)C)[C@@H]1OCOC. The Balaban J connectivity index is 2.16. The third-order valence-electron chi connectivity index (χ3n) is 6.21. The molecule has 0 heterocycles. The van der Waals surface area contributed by atoms with Crippen molar-refractivity contribution in [3.8, 4) is 0 Å². The normalized spacial score (nSPS) is 29.0. The molecule has 0 aliphatic heterocycles. The number of allylic oxidation sites excluding steroid dienone is 1. The lowest BCUT2D eigenvalue weighted by atomic mass is 9.56. The fourth-order valence-corrected chi connectivity index (χ4v) is 4.89. The fourth-order valence-electron chi connectivity index (χ4n) is 4.89. The molecule has 28 heavy (non-hydrogen) atoms. The molecular weight excluding hydrogens is 360 g/mol. The summed E-state index contributed by atoms with van der Waals surface area (Å²) < 4.78 is 15.9. The Morgan fingerprint density at radius 3 is 2.64 bits per heavy atom. The van der Waals surface area contributed by atoms with Crippen LogP contribution < -0.4 is 0 Å². The zero-order valence-corrected chi connectivity index (χ0v) is 17.3. The van der Waals surface area contributed by atoms with Gasteiger partial charge in [-0.05, 0) is 55.9 Å². The number of carbonyl (C=O) groups is 2. The van der Waals surface area contributed by atoms with E-state index in [9.17, 15) is 9.59 Å². The Kier molecular flexibility index (Phi) is 8.10. The number of ketones is 1. The van der Waals surface area contributed by atoms with Gasteiger partial charge in [0.25, 0.3) is 5.78 Å². The molecule has 0 aromatic carbocycles. The number of hydrogen-bond donors (Lipinski definition) is 0. The largest absolute Gasteiger partial charge is 0.457 e. The van der Waals surface area contributed by atoms with Crippen LogP contribution in [0.4, 0.5) is 0 Å². The van der Waals surface area contributed by atoms with Crippen molar-refractivity contribution in [2.75, 3.05) is 20.5 Å². The first-order valence-electron chi connectivity index (χ1n) is 10.1. The molecule has 2 fully saturated rings. The van der Waals surface area contributed by atoms with Crippen LogP contribution in [0.5, 0.6) is 0 Å². The van der Waals surface area contributed by atoms with Gasteiger partial charge in [-0.1, -0.05) is 26.3 Å². The summed E-state index contributed by atoms with van der Waals surface area (Å²) in [6.07, 6.45) is 8.51. The second kappa shape index (κ2) is 10.1. The number of esters is 1. The quantitative estimate of drug-likeness (QED) is 0.120. The first-order valence-corrected chi connectivity index (χ1v) is 10.1. The predicted octanol–water partition coefficient (Wildman–Crippen LogP) is 3.19. The van der Waals surface area contributed by atoms with Crippen molar-refractivity contribution in [2.24, 2.45) is 23.2 Å². The molecule has 0 radical (unpaired) electrons. The molecule has 0 saturated heterocycles. The van der Waals surface area contributed by atoms with Crippen LogP contribution in [0.25, 0.3) is 5.53 Å². The molecule has 2 aliphatic rings. The number of nitrogens with zero attached hydrogens (tertiary/aromatic N) is 2. The third kappa shape index (κ3) is 5.16. The molecule has 2 unspecified atom stereocenters. The number of hydrogen-bond acceptors (Lipinski definition) is 5. The van der Waals surface area contributed by atoms with Crippen LogP contribution in [-0.4, -0.2) is 48.9 Å². The molecule has 2 saturated carbocycles. The lowest BCUT2D eigenvalue weighted by molar-refractivity contribution is -0.149. The highest BCUT2D eigenvalue weighted by Crippen LogP contribution is 2.52. The van der Waals surface area contributed by atoms with Crippen LogP contribution in [0.1, 0.15) is 52.9 Å². The summed E-state index contributed by atoms with van der Waals surface area (Å²) in [6, 6.07) is 0. The third-order valence-corrected chi connectivity index (χ3v) is 6.21. The molecule has 7 heteroatoms. The standard InChI is InChI=1S/C21H32N2O5/c1-5-27-20(25)18(23-22)17(24)11-9-14-8-10-16-15(19(14)28-13-26-4)7-6-12-21(16,2)3/h9,11,14-16,19H,5-8,10,12-13H2,1-4H3/b11-9-/t14-,15?,16?,19-/m1/s1. The van der Waals surface area contributed by atoms with Crippen molar-refractivity contribution >= 4 is 17.5 Å². The van der Waals surface area contributed by atoms with Crippen LogP contribution in [-0.2, 0) is 23.8 Å². The average molecular weight is 392 g/mol. The predicted molar refractivity (Wildman–Crippen MR) is 103 cm³/mol. The number of carbonyl (C=O) groups excluding carboxylic acids is 2. The lowest BCUT2D eigenvalue weighted by Crippen LogP contribution is -2.48. The molecule has 7 nitrogen and oxygen atoms in total. The zero-order valence-electron chi connectivity index (χ0n) is 17.3. The first-order chi connectivity index (χ1) is 13.4. The van der Waals surface area contributed by atoms with Crippen molar-refractivity contribution in [1.29, 1.82) is 0 Å². The van der Waals surface area contributed by atoms with Gasteiger partial charge in [0.05, 0.1) is 12.7 Å². The number of rotatable bonds is 8. The van der Waals surface area contributed by atoms with E-state index in [0.717, 1.165) is 19.3 Å². The van der Waals surface area contributed by atoms with Crippen molar-refractivity contribution in [2.45, 2.75) is 59.0 Å². The highest BCUT2D eigenvalue weighted by molar-refractivity contribution is 6.64. The van der Waals surface area contributed by atoms with Gasteiger partial charge in [-0.3, -0.25) is 4.79 Å². The molecule has 4 atom stereocenters. The van der Waals surface area contributed by atoms with Gasteiger partial charge in [0, 0.05) is 13.0 Å². The van der Waals surface area contributed by atoms with Crippen LogP contribution >= 0.6 is 0 Å². The van der Waals surface area contributed by atoms with E-state index in [1.54, 1.807) is 20.1 Å². The van der Waals surface area contributed by atoms with Gasteiger partial charge >= 0.3 is 11.7 Å². The van der Waals surface area contributed by atoms with Gasteiger partial charge in [-0.25, -0.2) is 4.79 Å². The van der Waals surface area contributed by atoms with E-state index in [4.69, 9.17) is 19.7 Å². The van der Waals surface area contributed by atoms with Crippen LogP contribution in [0.15, 0.2) is 12.2 Å². The van der Waals surface area contributed by atoms with E-state index in [1.807, 2.05) is 0 Å². The number of ether oxygens (including phenoxy) is 3. The maximum atomic E-state index is 12.3. The van der Waals surface area contributed by atoms with Gasteiger partial charge in [0.15, 0.2) is 0 Å². The Morgan fingerprint density at radius 2 is 2.00 bits per heavy atom. The molecule has 0 spiro atoms. The summed E-state index contributed by atoms with van der Waals surface area (Å²) in [5, 5.41) is 0. The van der Waals surface area contributed by atoms with E-state index >= 15 is 0 Å². The van der Waals surface area contributed by atoms with Gasteiger partial charge < -0.3 is 19.7 Å². The van der Waals surface area contributed by atoms with Crippen molar-refractivity contribution in [3.05, 3.63) is 17.7 Å². The van der Waals surface area contributed by atoms with E-state index in [-0.39, 0.29) is 30.8 Å². The number of methoxy groups -OCH3 is 1. The Morgan fingerprint density at radius 1 is 1.25 bits per heavy atom. The van der Waals surface area contributed by atoms with E-state index < -0.39 is 17.5 Å². The Labute approximate surface area is 167 Å². The maximum absolute atomic E-state index is 12.3. The molecule has 0 bridgehead atoms. The summed E-state index contributed by atoms with van der Waals surface area (Å²) in [5.74, 6) is -0.565. The minimum atomic E-state index is -0.926. The van der Waals surface area contributed by atoms with E-state index in [0.29, 0.717) is 11.8 Å². The van der Waals surface area contributed by atoms with Crippen LogP contribution in [0.3, 0.4) is 0 Å². The molecule has 2 aliphatic carbocycles. The maximum Gasteiger partial charge on any atom is 0.445 e. The van der Waals surface area contributed by atoms with Crippen LogP contribution in [0.2, 0.25) is 0 Å². The Bertz CT molecular complexity index is 651.